The van der Waals surface area contributed by atoms with E-state index in [-0.39, 0.29) is 5.75 Å². The molecule has 3 heteroatoms. The first kappa shape index (κ1) is 16.9. The standard InChI is InChI=1S/C24H19NO2/c26-22-13-7-18(8-14-22)5-6-19-9-15-23(16-10-19)27-17-21-12-11-20-3-1-2-4-24(20)25-21/h1-16,26H,17H2/b6-5+. The molecule has 1 heterocycles. The molecule has 0 aliphatic heterocycles. The van der Waals surface area contributed by atoms with Crippen molar-refractivity contribution < 1.29 is 9.84 Å². The maximum Gasteiger partial charge on any atom is 0.130 e. The van der Waals surface area contributed by atoms with Gasteiger partial charge in [0.05, 0.1) is 11.2 Å². The van der Waals surface area contributed by atoms with Crippen LogP contribution in [0.5, 0.6) is 11.5 Å². The topological polar surface area (TPSA) is 42.4 Å². The number of fused-ring (bicyclic) bond motifs is 1. The number of para-hydroxylation sites is 1. The summed E-state index contributed by atoms with van der Waals surface area (Å²) in [5, 5.41) is 10.4. The Morgan fingerprint density at radius 1 is 0.741 bits per heavy atom. The summed E-state index contributed by atoms with van der Waals surface area (Å²) in [7, 11) is 0. The summed E-state index contributed by atoms with van der Waals surface area (Å²) in [5.74, 6) is 1.08. The highest BCUT2D eigenvalue weighted by Gasteiger charge is 2.00. The lowest BCUT2D eigenvalue weighted by Crippen LogP contribution is -1.98. The predicted molar refractivity (Wildman–Crippen MR) is 110 cm³/mol. The number of aromatic nitrogens is 1. The van der Waals surface area contributed by atoms with E-state index >= 15 is 0 Å². The minimum atomic E-state index is 0.273. The van der Waals surface area contributed by atoms with Crippen LogP contribution in [0.3, 0.4) is 0 Å². The second-order valence-corrected chi connectivity index (χ2v) is 6.28. The van der Waals surface area contributed by atoms with E-state index in [1.165, 1.54) is 0 Å². The molecule has 0 unspecified atom stereocenters. The van der Waals surface area contributed by atoms with Crippen LogP contribution < -0.4 is 4.74 Å². The monoisotopic (exact) mass is 353 g/mol. The third-order valence-electron chi connectivity index (χ3n) is 4.28. The summed E-state index contributed by atoms with van der Waals surface area (Å²) in [6.07, 6.45) is 4.04. The first-order valence-corrected chi connectivity index (χ1v) is 8.81. The van der Waals surface area contributed by atoms with Crippen LogP contribution in [0.15, 0.2) is 84.9 Å². The van der Waals surface area contributed by atoms with Crippen LogP contribution in [-0.2, 0) is 6.61 Å². The smallest absolute Gasteiger partial charge is 0.130 e. The van der Waals surface area contributed by atoms with Crippen LogP contribution in [0.25, 0.3) is 23.1 Å². The molecule has 132 valence electrons. The van der Waals surface area contributed by atoms with Gasteiger partial charge in [0.25, 0.3) is 0 Å². The Kier molecular flexibility index (Phi) is 4.84. The zero-order chi connectivity index (χ0) is 18.5. The van der Waals surface area contributed by atoms with Crippen molar-refractivity contribution in [1.82, 2.24) is 4.98 Å². The summed E-state index contributed by atoms with van der Waals surface area (Å²) in [6.45, 7) is 0.438. The zero-order valence-electron chi connectivity index (χ0n) is 14.7. The summed E-state index contributed by atoms with van der Waals surface area (Å²) in [4.78, 5) is 4.62. The first-order chi connectivity index (χ1) is 13.3. The molecule has 0 spiro atoms. The average molecular weight is 353 g/mol. The van der Waals surface area contributed by atoms with Gasteiger partial charge >= 0.3 is 0 Å². The fourth-order valence-electron chi connectivity index (χ4n) is 2.80. The van der Waals surface area contributed by atoms with Crippen LogP contribution >= 0.6 is 0 Å². The fraction of sp³-hybridized carbons (Fsp3) is 0.0417. The van der Waals surface area contributed by atoms with Crippen LogP contribution in [0, 0.1) is 0 Å². The van der Waals surface area contributed by atoms with E-state index in [1.807, 2.05) is 72.8 Å². The zero-order valence-corrected chi connectivity index (χ0v) is 14.7. The molecule has 4 rings (SSSR count). The lowest BCUT2D eigenvalue weighted by Gasteiger charge is -2.07. The predicted octanol–water partition coefficient (Wildman–Crippen LogP) is 5.69. The highest BCUT2D eigenvalue weighted by atomic mass is 16.5. The molecule has 0 saturated carbocycles. The average Bonchev–Trinajstić information content (AvgIpc) is 2.72. The van der Waals surface area contributed by atoms with Gasteiger partial charge in [0, 0.05) is 5.39 Å². The number of phenolic OH excluding ortho intramolecular Hbond substituents is 1. The van der Waals surface area contributed by atoms with Gasteiger partial charge in [-0.3, -0.25) is 0 Å². The highest BCUT2D eigenvalue weighted by molar-refractivity contribution is 5.78. The van der Waals surface area contributed by atoms with E-state index in [0.717, 1.165) is 33.5 Å². The minimum Gasteiger partial charge on any atom is -0.508 e. The van der Waals surface area contributed by atoms with Gasteiger partial charge in [-0.15, -0.1) is 0 Å². The van der Waals surface area contributed by atoms with Crippen molar-refractivity contribution in [2.75, 3.05) is 0 Å². The van der Waals surface area contributed by atoms with Crippen molar-refractivity contribution >= 4 is 23.1 Å². The summed E-state index contributed by atoms with van der Waals surface area (Å²) >= 11 is 0. The Balaban J connectivity index is 1.39. The molecule has 3 aromatic carbocycles. The number of phenols is 1. The highest BCUT2D eigenvalue weighted by Crippen LogP contribution is 2.18. The Bertz CT molecular complexity index is 1070. The van der Waals surface area contributed by atoms with Crippen LogP contribution in [-0.4, -0.2) is 10.1 Å². The van der Waals surface area contributed by atoms with E-state index in [9.17, 15) is 5.11 Å². The maximum absolute atomic E-state index is 9.31. The van der Waals surface area contributed by atoms with Gasteiger partial charge < -0.3 is 9.84 Å². The molecule has 0 aliphatic carbocycles. The van der Waals surface area contributed by atoms with E-state index in [1.54, 1.807) is 12.1 Å². The van der Waals surface area contributed by atoms with E-state index < -0.39 is 0 Å². The lowest BCUT2D eigenvalue weighted by atomic mass is 10.1. The van der Waals surface area contributed by atoms with Crippen molar-refractivity contribution in [3.05, 3.63) is 102 Å². The van der Waals surface area contributed by atoms with E-state index in [4.69, 9.17) is 4.74 Å². The number of hydrogen-bond donors (Lipinski definition) is 1. The van der Waals surface area contributed by atoms with E-state index in [0.29, 0.717) is 6.61 Å². The number of hydrogen-bond acceptors (Lipinski definition) is 3. The van der Waals surface area contributed by atoms with Crippen molar-refractivity contribution in [1.29, 1.82) is 0 Å². The molecule has 27 heavy (non-hydrogen) atoms. The number of pyridine rings is 1. The molecular formula is C24H19NO2. The third kappa shape index (κ3) is 4.33. The number of aromatic hydroxyl groups is 1. The maximum atomic E-state index is 9.31. The molecule has 1 N–H and O–H groups in total. The van der Waals surface area contributed by atoms with Gasteiger partial charge in [-0.25, -0.2) is 4.98 Å². The van der Waals surface area contributed by atoms with Gasteiger partial charge in [0.1, 0.15) is 18.1 Å². The second-order valence-electron chi connectivity index (χ2n) is 6.28. The molecule has 0 saturated heterocycles. The van der Waals surface area contributed by atoms with Crippen molar-refractivity contribution in [3.63, 3.8) is 0 Å². The van der Waals surface area contributed by atoms with Gasteiger partial charge in [-0.1, -0.05) is 60.7 Å². The summed E-state index contributed by atoms with van der Waals surface area (Å²) in [5.41, 5.74) is 4.01. The third-order valence-corrected chi connectivity index (χ3v) is 4.28. The molecule has 0 aliphatic rings. The number of benzene rings is 3. The molecule has 0 amide bonds. The Labute approximate surface area is 158 Å². The van der Waals surface area contributed by atoms with Gasteiger partial charge in [0.15, 0.2) is 0 Å². The SMILES string of the molecule is Oc1ccc(/C=C/c2ccc(OCc3ccc4ccccc4n3)cc2)cc1. The van der Waals surface area contributed by atoms with Crippen LogP contribution in [0.2, 0.25) is 0 Å². The Morgan fingerprint density at radius 2 is 1.41 bits per heavy atom. The number of nitrogens with zero attached hydrogens (tertiary/aromatic N) is 1. The number of ether oxygens (including phenoxy) is 1. The van der Waals surface area contributed by atoms with E-state index in [2.05, 4.69) is 17.1 Å². The Hall–Kier alpha value is -3.59. The molecule has 1 aromatic heterocycles. The molecule has 0 radical (unpaired) electrons. The molecule has 0 atom stereocenters. The largest absolute Gasteiger partial charge is 0.508 e. The first-order valence-electron chi connectivity index (χ1n) is 8.81. The lowest BCUT2D eigenvalue weighted by molar-refractivity contribution is 0.302. The summed E-state index contributed by atoms with van der Waals surface area (Å²) in [6, 6.07) is 27.2. The van der Waals surface area contributed by atoms with Crippen molar-refractivity contribution in [3.8, 4) is 11.5 Å². The Morgan fingerprint density at radius 3 is 2.15 bits per heavy atom. The van der Waals surface area contributed by atoms with Gasteiger partial charge in [-0.2, -0.15) is 0 Å². The molecular weight excluding hydrogens is 334 g/mol. The molecule has 4 aromatic rings. The molecule has 3 nitrogen and oxygen atoms in total. The normalized spacial score (nSPS) is 11.1. The van der Waals surface area contributed by atoms with Crippen molar-refractivity contribution in [2.45, 2.75) is 6.61 Å². The fourth-order valence-corrected chi connectivity index (χ4v) is 2.80. The van der Waals surface area contributed by atoms with Crippen LogP contribution in [0.1, 0.15) is 16.8 Å². The number of rotatable bonds is 5. The van der Waals surface area contributed by atoms with Gasteiger partial charge in [-0.05, 0) is 47.5 Å². The summed E-state index contributed by atoms with van der Waals surface area (Å²) < 4.78 is 5.86. The second kappa shape index (κ2) is 7.75. The molecule has 0 fully saturated rings. The minimum absolute atomic E-state index is 0.273. The molecule has 0 bridgehead atoms. The van der Waals surface area contributed by atoms with Crippen molar-refractivity contribution in [2.24, 2.45) is 0 Å². The van der Waals surface area contributed by atoms with Gasteiger partial charge in [0.2, 0.25) is 0 Å². The quantitative estimate of drug-likeness (QED) is 0.469. The van der Waals surface area contributed by atoms with Crippen LogP contribution in [0.4, 0.5) is 0 Å².